The summed E-state index contributed by atoms with van der Waals surface area (Å²) in [6, 6.07) is 2.83. The van der Waals surface area contributed by atoms with Gasteiger partial charge < -0.3 is 28.9 Å². The van der Waals surface area contributed by atoms with Crippen molar-refractivity contribution in [2.45, 2.75) is 84.6 Å². The molecular formula is C26H38NO6P-2. The molecule has 0 bridgehead atoms. The predicted molar refractivity (Wildman–Crippen MR) is 126 cm³/mol. The fraction of sp³-hybridized carbons (Fsp3) is 0.731. The molecule has 4 rings (SSSR count). The molecule has 0 saturated heterocycles. The Kier molecular flexibility index (Phi) is 6.61. The van der Waals surface area contributed by atoms with E-state index in [1.165, 1.54) is 50.3 Å². The molecule has 3 unspecified atom stereocenters. The van der Waals surface area contributed by atoms with Crippen LogP contribution in [0.3, 0.4) is 0 Å². The average Bonchev–Trinajstić information content (AvgIpc) is 3.01. The van der Waals surface area contributed by atoms with Gasteiger partial charge in [-0.15, -0.1) is 0 Å². The Balaban J connectivity index is 1.59. The summed E-state index contributed by atoms with van der Waals surface area (Å²) in [6.07, 6.45) is 7.25. The summed E-state index contributed by atoms with van der Waals surface area (Å²) in [7, 11) is -3.69. The number of phosphoric ester groups is 1. The number of rotatable bonds is 6. The van der Waals surface area contributed by atoms with Gasteiger partial charge in [-0.1, -0.05) is 34.1 Å². The minimum Gasteiger partial charge on any atom is -0.790 e. The Hall–Kier alpha value is -1.24. The maximum Gasteiger partial charge on any atom is 0.330 e. The van der Waals surface area contributed by atoms with Crippen LogP contribution in [0.5, 0.6) is 5.75 Å². The lowest BCUT2D eigenvalue weighted by Crippen LogP contribution is -2.55. The van der Waals surface area contributed by atoms with Crippen LogP contribution in [0.25, 0.3) is 0 Å². The summed E-state index contributed by atoms with van der Waals surface area (Å²) in [4.78, 5) is 34.2. The maximum atomic E-state index is 12.6. The van der Waals surface area contributed by atoms with Crippen molar-refractivity contribution in [2.24, 2.45) is 22.7 Å². The lowest BCUT2D eigenvalue weighted by atomic mass is 9.43. The van der Waals surface area contributed by atoms with Crippen LogP contribution in [-0.4, -0.2) is 25.7 Å². The first-order valence-corrected chi connectivity index (χ1v) is 13.9. The number of phosphoric acid groups is 1. The van der Waals surface area contributed by atoms with Gasteiger partial charge in [-0.05, 0) is 103 Å². The van der Waals surface area contributed by atoms with Gasteiger partial charge >= 0.3 is 5.97 Å². The van der Waals surface area contributed by atoms with Crippen molar-refractivity contribution in [3.8, 4) is 5.75 Å². The molecule has 1 aromatic rings. The van der Waals surface area contributed by atoms with E-state index >= 15 is 0 Å². The molecule has 190 valence electrons. The van der Waals surface area contributed by atoms with E-state index in [0.717, 1.165) is 12.0 Å². The van der Waals surface area contributed by atoms with Crippen molar-refractivity contribution in [1.82, 2.24) is 5.32 Å². The summed E-state index contributed by atoms with van der Waals surface area (Å²) in [6.45, 7) is 11.3. The highest BCUT2D eigenvalue weighted by Crippen LogP contribution is 2.67. The Morgan fingerprint density at radius 3 is 2.53 bits per heavy atom. The van der Waals surface area contributed by atoms with Crippen LogP contribution in [0.4, 0.5) is 0 Å². The standard InChI is InChI=1S/C26H40NO6P/c1-16-12-18(33-23(28)19(27-6)15-32-34(29,30)31)13-17-14-21-25(4)10-7-9-24(2,3)20(25)8-11-26(21,5)22(16)17/h12-13,19-21,27H,7-11,14-15H2,1-6H3,(H2,29,30,31)/p-2/t19?,20?,21-,25+,26?/m1/s1. The van der Waals surface area contributed by atoms with Gasteiger partial charge in [0.15, 0.2) is 0 Å². The quantitative estimate of drug-likeness (QED) is 0.369. The monoisotopic (exact) mass is 491 g/mol. The van der Waals surface area contributed by atoms with Gasteiger partial charge in [-0.25, -0.2) is 4.79 Å². The van der Waals surface area contributed by atoms with Gasteiger partial charge in [0.1, 0.15) is 11.8 Å². The fourth-order valence-electron chi connectivity index (χ4n) is 8.11. The summed E-state index contributed by atoms with van der Waals surface area (Å²) in [5, 5.41) is 2.65. The fourth-order valence-corrected chi connectivity index (χ4v) is 8.44. The van der Waals surface area contributed by atoms with E-state index in [-0.39, 0.29) is 10.8 Å². The molecule has 1 aromatic carbocycles. The van der Waals surface area contributed by atoms with Crippen LogP contribution in [0.1, 0.15) is 76.5 Å². The zero-order chi connectivity index (χ0) is 25.1. The molecule has 0 aromatic heterocycles. The van der Waals surface area contributed by atoms with Crippen molar-refractivity contribution < 1.29 is 28.4 Å². The van der Waals surface area contributed by atoms with E-state index in [4.69, 9.17) is 4.74 Å². The third-order valence-electron chi connectivity index (χ3n) is 9.43. The molecule has 2 fully saturated rings. The lowest BCUT2D eigenvalue weighted by molar-refractivity contribution is -0.341. The van der Waals surface area contributed by atoms with Gasteiger partial charge in [0, 0.05) is 0 Å². The van der Waals surface area contributed by atoms with Gasteiger partial charge in [0.2, 0.25) is 0 Å². The Labute approximate surface area is 203 Å². The molecule has 0 spiro atoms. The van der Waals surface area contributed by atoms with Gasteiger partial charge in [0.25, 0.3) is 0 Å². The first-order valence-electron chi connectivity index (χ1n) is 12.4. The minimum absolute atomic E-state index is 0.116. The molecule has 7 nitrogen and oxygen atoms in total. The second-order valence-corrected chi connectivity index (χ2v) is 13.0. The van der Waals surface area contributed by atoms with E-state index in [9.17, 15) is 19.1 Å². The second kappa shape index (κ2) is 8.70. The number of hydrogen-bond donors (Lipinski definition) is 1. The number of fused-ring (bicyclic) bond motifs is 5. The van der Waals surface area contributed by atoms with Gasteiger partial charge in [-0.2, -0.15) is 0 Å². The molecule has 34 heavy (non-hydrogen) atoms. The number of hydrogen-bond acceptors (Lipinski definition) is 7. The SMILES string of the molecule is CNC(COP(=O)([O-])[O-])C(=O)Oc1cc(C)c2c(c1)C[C@H]1C2(C)CCC2C(C)(C)CCC[C@@]21C. The maximum absolute atomic E-state index is 12.6. The van der Waals surface area contributed by atoms with Crippen LogP contribution in [0.2, 0.25) is 0 Å². The topological polar surface area (TPSA) is 111 Å². The van der Waals surface area contributed by atoms with Crippen molar-refractivity contribution >= 4 is 13.8 Å². The summed E-state index contributed by atoms with van der Waals surface area (Å²) in [5.74, 6) is 1.03. The van der Waals surface area contributed by atoms with Gasteiger partial charge in [0.05, 0.1) is 14.4 Å². The zero-order valence-electron chi connectivity index (χ0n) is 21.2. The predicted octanol–water partition coefficient (Wildman–Crippen LogP) is 3.39. The van der Waals surface area contributed by atoms with E-state index in [0.29, 0.717) is 23.0 Å². The lowest BCUT2D eigenvalue weighted by Gasteiger charge is -2.61. The number of carbonyl (C=O) groups is 1. The minimum atomic E-state index is -5.17. The molecule has 0 radical (unpaired) electrons. The first-order chi connectivity index (χ1) is 15.7. The largest absolute Gasteiger partial charge is 0.790 e. The van der Waals surface area contributed by atoms with E-state index in [1.807, 2.05) is 12.1 Å². The van der Waals surface area contributed by atoms with Crippen molar-refractivity contribution in [2.75, 3.05) is 13.7 Å². The molecule has 3 aliphatic carbocycles. The number of ether oxygens (including phenoxy) is 1. The highest BCUT2D eigenvalue weighted by Gasteiger charge is 2.61. The highest BCUT2D eigenvalue weighted by molar-refractivity contribution is 7.43. The smallest absolute Gasteiger partial charge is 0.330 e. The number of aryl methyl sites for hydroxylation is 1. The van der Waals surface area contributed by atoms with Crippen LogP contribution >= 0.6 is 7.82 Å². The number of nitrogens with one attached hydrogen (secondary N) is 1. The molecule has 0 aliphatic heterocycles. The molecule has 8 heteroatoms. The molecule has 2 saturated carbocycles. The molecule has 0 heterocycles. The first kappa shape index (κ1) is 25.8. The normalized spacial score (nSPS) is 32.9. The van der Waals surface area contributed by atoms with Crippen molar-refractivity contribution in [3.63, 3.8) is 0 Å². The Bertz CT molecular complexity index is 1020. The van der Waals surface area contributed by atoms with E-state index < -0.39 is 26.4 Å². The molecule has 0 amide bonds. The van der Waals surface area contributed by atoms with Crippen LogP contribution < -0.4 is 19.8 Å². The molecular weight excluding hydrogens is 453 g/mol. The average molecular weight is 492 g/mol. The Morgan fingerprint density at radius 1 is 1.18 bits per heavy atom. The van der Waals surface area contributed by atoms with Gasteiger partial charge in [-0.3, -0.25) is 0 Å². The van der Waals surface area contributed by atoms with Crippen molar-refractivity contribution in [1.29, 1.82) is 0 Å². The second-order valence-electron chi connectivity index (χ2n) is 11.9. The number of carbonyl (C=O) groups excluding carboxylic acids is 1. The molecule has 1 N–H and O–H groups in total. The zero-order valence-corrected chi connectivity index (χ0v) is 22.1. The van der Waals surface area contributed by atoms with E-state index in [2.05, 4.69) is 44.5 Å². The van der Waals surface area contributed by atoms with E-state index in [1.54, 1.807) is 0 Å². The Morgan fingerprint density at radius 2 is 1.88 bits per heavy atom. The van der Waals surface area contributed by atoms with Crippen LogP contribution in [0.15, 0.2) is 12.1 Å². The molecule has 5 atom stereocenters. The molecule has 3 aliphatic rings. The van der Waals surface area contributed by atoms with Crippen LogP contribution in [-0.2, 0) is 25.7 Å². The highest BCUT2D eigenvalue weighted by atomic mass is 31.2. The summed E-state index contributed by atoms with van der Waals surface area (Å²) < 4.78 is 20.7. The summed E-state index contributed by atoms with van der Waals surface area (Å²) in [5.41, 5.74) is 4.56. The third kappa shape index (κ3) is 4.39. The number of benzene rings is 1. The number of esters is 1. The number of likely N-dealkylation sites (N-methyl/N-ethyl adjacent to an activating group) is 1. The third-order valence-corrected chi connectivity index (χ3v) is 9.90. The summed E-state index contributed by atoms with van der Waals surface area (Å²) >= 11 is 0. The van der Waals surface area contributed by atoms with Crippen LogP contribution in [0, 0.1) is 29.6 Å². The van der Waals surface area contributed by atoms with Crippen molar-refractivity contribution in [3.05, 3.63) is 28.8 Å².